The standard InChI is InChI=1S/C10H19N3O2/c1-4-15-6-5-13-10(8(2)3)9(7-14)11-12-13/h8,14H,4-7H2,1-3H3. The molecule has 1 aromatic heterocycles. The van der Waals surface area contributed by atoms with Gasteiger partial charge in [0, 0.05) is 6.61 Å². The summed E-state index contributed by atoms with van der Waals surface area (Å²) in [7, 11) is 0. The Hall–Kier alpha value is -0.940. The first kappa shape index (κ1) is 12.1. The van der Waals surface area contributed by atoms with E-state index in [4.69, 9.17) is 9.84 Å². The Morgan fingerprint density at radius 2 is 2.20 bits per heavy atom. The summed E-state index contributed by atoms with van der Waals surface area (Å²) in [6, 6.07) is 0. The Balaban J connectivity index is 2.73. The maximum absolute atomic E-state index is 9.11. The average molecular weight is 213 g/mol. The zero-order valence-corrected chi connectivity index (χ0v) is 9.60. The molecule has 86 valence electrons. The van der Waals surface area contributed by atoms with Gasteiger partial charge in [-0.15, -0.1) is 5.10 Å². The van der Waals surface area contributed by atoms with Crippen LogP contribution in [0.2, 0.25) is 0 Å². The van der Waals surface area contributed by atoms with Crippen molar-refractivity contribution in [3.8, 4) is 0 Å². The SMILES string of the molecule is CCOCCn1nnc(CO)c1C(C)C. The first-order valence-corrected chi connectivity index (χ1v) is 5.31. The molecule has 0 saturated carbocycles. The third kappa shape index (κ3) is 3.00. The molecule has 0 spiro atoms. The van der Waals surface area contributed by atoms with Crippen LogP contribution in [0, 0.1) is 0 Å². The van der Waals surface area contributed by atoms with Crippen LogP contribution in [0.4, 0.5) is 0 Å². The van der Waals surface area contributed by atoms with Gasteiger partial charge in [-0.05, 0) is 12.8 Å². The zero-order valence-electron chi connectivity index (χ0n) is 9.60. The molecular formula is C10H19N3O2. The largest absolute Gasteiger partial charge is 0.390 e. The maximum atomic E-state index is 9.11. The Kier molecular flexibility index (Phi) is 4.71. The molecule has 15 heavy (non-hydrogen) atoms. The number of aromatic nitrogens is 3. The van der Waals surface area contributed by atoms with Crippen LogP contribution in [0.1, 0.15) is 38.1 Å². The Morgan fingerprint density at radius 1 is 1.47 bits per heavy atom. The minimum Gasteiger partial charge on any atom is -0.390 e. The lowest BCUT2D eigenvalue weighted by atomic mass is 10.1. The van der Waals surface area contributed by atoms with E-state index in [1.165, 1.54) is 0 Å². The smallest absolute Gasteiger partial charge is 0.112 e. The first-order chi connectivity index (χ1) is 7.20. The monoisotopic (exact) mass is 213 g/mol. The lowest BCUT2D eigenvalue weighted by molar-refractivity contribution is 0.135. The molecule has 1 rings (SSSR count). The Bertz CT molecular complexity index is 297. The minimum atomic E-state index is -0.0534. The van der Waals surface area contributed by atoms with E-state index in [1.54, 1.807) is 0 Å². The molecule has 0 saturated heterocycles. The van der Waals surface area contributed by atoms with Crippen molar-refractivity contribution in [1.29, 1.82) is 0 Å². The molecule has 0 aliphatic carbocycles. The van der Waals surface area contributed by atoms with E-state index in [1.807, 2.05) is 11.6 Å². The number of nitrogens with zero attached hydrogens (tertiary/aromatic N) is 3. The van der Waals surface area contributed by atoms with Gasteiger partial charge in [0.15, 0.2) is 0 Å². The van der Waals surface area contributed by atoms with E-state index in [0.29, 0.717) is 31.4 Å². The fourth-order valence-electron chi connectivity index (χ4n) is 1.56. The molecule has 0 unspecified atom stereocenters. The van der Waals surface area contributed by atoms with Gasteiger partial charge in [-0.25, -0.2) is 4.68 Å². The summed E-state index contributed by atoms with van der Waals surface area (Å²) in [5.41, 5.74) is 1.67. The van der Waals surface area contributed by atoms with Gasteiger partial charge in [0.2, 0.25) is 0 Å². The predicted octanol–water partition coefficient (Wildman–Crippen LogP) is 0.930. The molecule has 0 aromatic carbocycles. The van der Waals surface area contributed by atoms with E-state index < -0.39 is 0 Å². The van der Waals surface area contributed by atoms with Crippen molar-refractivity contribution in [2.24, 2.45) is 0 Å². The molecule has 5 nitrogen and oxygen atoms in total. The number of ether oxygens (including phenoxy) is 1. The molecule has 1 N–H and O–H groups in total. The van der Waals surface area contributed by atoms with Crippen molar-refractivity contribution in [2.45, 2.75) is 39.8 Å². The number of aliphatic hydroxyl groups is 1. The normalized spacial score (nSPS) is 11.3. The van der Waals surface area contributed by atoms with Gasteiger partial charge in [-0.2, -0.15) is 0 Å². The highest BCUT2D eigenvalue weighted by molar-refractivity contribution is 5.13. The molecular weight excluding hydrogens is 194 g/mol. The van der Waals surface area contributed by atoms with Gasteiger partial charge in [-0.3, -0.25) is 0 Å². The van der Waals surface area contributed by atoms with Crippen molar-refractivity contribution in [3.05, 3.63) is 11.4 Å². The van der Waals surface area contributed by atoms with E-state index in [-0.39, 0.29) is 6.61 Å². The highest BCUT2D eigenvalue weighted by atomic mass is 16.5. The summed E-state index contributed by atoms with van der Waals surface area (Å²) in [6.45, 7) is 8.06. The fraction of sp³-hybridized carbons (Fsp3) is 0.800. The number of rotatable bonds is 6. The zero-order chi connectivity index (χ0) is 11.3. The molecule has 0 fully saturated rings. The second-order valence-corrected chi connectivity index (χ2v) is 3.65. The Labute approximate surface area is 90.1 Å². The van der Waals surface area contributed by atoms with Gasteiger partial charge in [0.05, 0.1) is 25.5 Å². The molecule has 0 radical (unpaired) electrons. The van der Waals surface area contributed by atoms with Gasteiger partial charge < -0.3 is 9.84 Å². The topological polar surface area (TPSA) is 60.2 Å². The van der Waals surface area contributed by atoms with Crippen molar-refractivity contribution in [2.75, 3.05) is 13.2 Å². The molecule has 1 aromatic rings. The highest BCUT2D eigenvalue weighted by Gasteiger charge is 2.14. The van der Waals surface area contributed by atoms with Gasteiger partial charge in [-0.1, -0.05) is 19.1 Å². The van der Waals surface area contributed by atoms with Crippen LogP contribution >= 0.6 is 0 Å². The van der Waals surface area contributed by atoms with Gasteiger partial charge in [0.1, 0.15) is 5.69 Å². The van der Waals surface area contributed by atoms with Crippen molar-refractivity contribution >= 4 is 0 Å². The number of hydrogen-bond donors (Lipinski definition) is 1. The first-order valence-electron chi connectivity index (χ1n) is 5.31. The van der Waals surface area contributed by atoms with Gasteiger partial charge >= 0.3 is 0 Å². The Morgan fingerprint density at radius 3 is 2.73 bits per heavy atom. The van der Waals surface area contributed by atoms with Crippen LogP contribution in [-0.4, -0.2) is 33.3 Å². The lowest BCUT2D eigenvalue weighted by Crippen LogP contribution is -2.12. The van der Waals surface area contributed by atoms with E-state index in [2.05, 4.69) is 24.2 Å². The molecule has 0 atom stereocenters. The fourth-order valence-corrected chi connectivity index (χ4v) is 1.56. The summed E-state index contributed by atoms with van der Waals surface area (Å²) >= 11 is 0. The molecule has 1 heterocycles. The third-order valence-corrected chi connectivity index (χ3v) is 2.20. The summed E-state index contributed by atoms with van der Waals surface area (Å²) in [4.78, 5) is 0. The van der Waals surface area contributed by atoms with Crippen LogP contribution in [0.5, 0.6) is 0 Å². The molecule has 5 heteroatoms. The van der Waals surface area contributed by atoms with Crippen molar-refractivity contribution < 1.29 is 9.84 Å². The predicted molar refractivity (Wildman–Crippen MR) is 56.5 cm³/mol. The van der Waals surface area contributed by atoms with Crippen LogP contribution in [0.25, 0.3) is 0 Å². The van der Waals surface area contributed by atoms with Crippen LogP contribution in [0.15, 0.2) is 0 Å². The molecule has 0 amide bonds. The number of hydrogen-bond acceptors (Lipinski definition) is 4. The molecule has 0 bridgehead atoms. The van der Waals surface area contributed by atoms with E-state index >= 15 is 0 Å². The summed E-state index contributed by atoms with van der Waals surface area (Å²) < 4.78 is 7.08. The molecule has 0 aliphatic rings. The third-order valence-electron chi connectivity index (χ3n) is 2.20. The summed E-state index contributed by atoms with van der Waals surface area (Å²) in [6.07, 6.45) is 0. The summed E-state index contributed by atoms with van der Waals surface area (Å²) in [5, 5.41) is 17.1. The van der Waals surface area contributed by atoms with E-state index in [0.717, 1.165) is 5.69 Å². The second-order valence-electron chi connectivity index (χ2n) is 3.65. The molecule has 0 aliphatic heterocycles. The van der Waals surface area contributed by atoms with Crippen molar-refractivity contribution in [1.82, 2.24) is 15.0 Å². The lowest BCUT2D eigenvalue weighted by Gasteiger charge is -2.10. The quantitative estimate of drug-likeness (QED) is 0.714. The minimum absolute atomic E-state index is 0.0534. The van der Waals surface area contributed by atoms with Crippen molar-refractivity contribution in [3.63, 3.8) is 0 Å². The van der Waals surface area contributed by atoms with Crippen LogP contribution in [-0.2, 0) is 17.9 Å². The van der Waals surface area contributed by atoms with Gasteiger partial charge in [0.25, 0.3) is 0 Å². The second kappa shape index (κ2) is 5.82. The average Bonchev–Trinajstić information content (AvgIpc) is 2.61. The highest BCUT2D eigenvalue weighted by Crippen LogP contribution is 2.17. The van der Waals surface area contributed by atoms with Crippen LogP contribution < -0.4 is 0 Å². The van der Waals surface area contributed by atoms with E-state index in [9.17, 15) is 0 Å². The van der Waals surface area contributed by atoms with Crippen LogP contribution in [0.3, 0.4) is 0 Å². The number of aliphatic hydroxyl groups excluding tert-OH is 1. The maximum Gasteiger partial charge on any atom is 0.112 e. The summed E-state index contributed by atoms with van der Waals surface area (Å²) in [5.74, 6) is 0.309.